The van der Waals surface area contributed by atoms with Crippen molar-refractivity contribution in [3.63, 3.8) is 0 Å². The van der Waals surface area contributed by atoms with Gasteiger partial charge in [-0.15, -0.1) is 0 Å². The van der Waals surface area contributed by atoms with E-state index in [0.29, 0.717) is 0 Å². The number of esters is 1. The third-order valence-electron chi connectivity index (χ3n) is 3.89. The van der Waals surface area contributed by atoms with E-state index in [1.165, 1.54) is 58.5 Å². The largest absolute Gasteiger partial charge is 0.469 e. The number of hydrogen-bond acceptors (Lipinski definition) is 2. The normalized spacial score (nSPS) is 23.1. The lowest BCUT2D eigenvalue weighted by Gasteiger charge is -2.26. The van der Waals surface area contributed by atoms with Crippen LogP contribution in [0, 0.1) is 5.41 Å². The minimum absolute atomic E-state index is 0.00764. The van der Waals surface area contributed by atoms with Crippen LogP contribution in [0.1, 0.15) is 71.1 Å². The number of hydrogen-bond donors (Lipinski definition) is 0. The first-order valence-corrected chi connectivity index (χ1v) is 6.77. The van der Waals surface area contributed by atoms with Gasteiger partial charge in [0.2, 0.25) is 0 Å². The Labute approximate surface area is 99.8 Å². The van der Waals surface area contributed by atoms with E-state index in [1.54, 1.807) is 0 Å². The zero-order valence-corrected chi connectivity index (χ0v) is 10.9. The Morgan fingerprint density at radius 2 is 1.25 bits per heavy atom. The lowest BCUT2D eigenvalue weighted by molar-refractivity contribution is -0.152. The first kappa shape index (κ1) is 13.5. The first-order chi connectivity index (χ1) is 7.69. The highest BCUT2D eigenvalue weighted by Gasteiger charge is 2.33. The summed E-state index contributed by atoms with van der Waals surface area (Å²) in [6.45, 7) is 2.08. The zero-order valence-electron chi connectivity index (χ0n) is 10.9. The van der Waals surface area contributed by atoms with Gasteiger partial charge in [-0.05, 0) is 19.8 Å². The molecule has 0 aliphatic heterocycles. The molecule has 0 aromatic rings. The van der Waals surface area contributed by atoms with Gasteiger partial charge in [-0.1, -0.05) is 51.4 Å². The molecule has 1 aliphatic rings. The molecule has 16 heavy (non-hydrogen) atoms. The van der Waals surface area contributed by atoms with Crippen LogP contribution in [0.3, 0.4) is 0 Å². The Bertz CT molecular complexity index is 199. The van der Waals surface area contributed by atoms with E-state index < -0.39 is 0 Å². The minimum Gasteiger partial charge on any atom is -0.469 e. The van der Waals surface area contributed by atoms with Gasteiger partial charge in [0.15, 0.2) is 0 Å². The second-order valence-corrected chi connectivity index (χ2v) is 5.38. The highest BCUT2D eigenvalue weighted by Crippen LogP contribution is 2.33. The van der Waals surface area contributed by atoms with Crippen LogP contribution in [0.5, 0.6) is 0 Å². The standard InChI is InChI=1S/C14H26O2/c1-14(13(15)16-2)11-9-7-5-3-4-6-8-10-12-14/h3-12H2,1-2H3. The van der Waals surface area contributed by atoms with Gasteiger partial charge in [-0.25, -0.2) is 0 Å². The SMILES string of the molecule is COC(=O)C1(C)CCCCCCCCCC1. The van der Waals surface area contributed by atoms with Crippen LogP contribution >= 0.6 is 0 Å². The van der Waals surface area contributed by atoms with Crippen LogP contribution < -0.4 is 0 Å². The van der Waals surface area contributed by atoms with Crippen LogP contribution in [0.4, 0.5) is 0 Å². The summed E-state index contributed by atoms with van der Waals surface area (Å²) in [5.41, 5.74) is -0.223. The smallest absolute Gasteiger partial charge is 0.311 e. The molecule has 1 fully saturated rings. The number of carbonyl (C=O) groups excluding carboxylic acids is 1. The van der Waals surface area contributed by atoms with Crippen LogP contribution in [-0.4, -0.2) is 13.1 Å². The van der Waals surface area contributed by atoms with E-state index in [-0.39, 0.29) is 11.4 Å². The van der Waals surface area contributed by atoms with Gasteiger partial charge in [0.05, 0.1) is 12.5 Å². The van der Waals surface area contributed by atoms with Crippen LogP contribution in [0.25, 0.3) is 0 Å². The van der Waals surface area contributed by atoms with E-state index in [0.717, 1.165) is 12.8 Å². The molecule has 2 heteroatoms. The highest BCUT2D eigenvalue weighted by atomic mass is 16.5. The van der Waals surface area contributed by atoms with Gasteiger partial charge in [0.25, 0.3) is 0 Å². The van der Waals surface area contributed by atoms with E-state index in [2.05, 4.69) is 6.92 Å². The molecule has 0 radical (unpaired) electrons. The molecule has 0 saturated heterocycles. The Balaban J connectivity index is 2.53. The number of methoxy groups -OCH3 is 1. The van der Waals surface area contributed by atoms with Crippen molar-refractivity contribution >= 4 is 5.97 Å². The summed E-state index contributed by atoms with van der Waals surface area (Å²) in [5, 5.41) is 0. The zero-order chi connectivity index (χ0) is 11.9. The average Bonchev–Trinajstić information content (AvgIpc) is 2.34. The fraction of sp³-hybridized carbons (Fsp3) is 0.929. The molecule has 0 unspecified atom stereocenters. The maximum absolute atomic E-state index is 11.8. The van der Waals surface area contributed by atoms with E-state index in [4.69, 9.17) is 4.74 Å². The van der Waals surface area contributed by atoms with Gasteiger partial charge in [0, 0.05) is 0 Å². The second-order valence-electron chi connectivity index (χ2n) is 5.38. The number of carbonyl (C=O) groups is 1. The molecular formula is C14H26O2. The Hall–Kier alpha value is -0.530. The summed E-state index contributed by atoms with van der Waals surface area (Å²) in [6, 6.07) is 0. The van der Waals surface area contributed by atoms with E-state index in [1.807, 2.05) is 0 Å². The maximum atomic E-state index is 11.8. The maximum Gasteiger partial charge on any atom is 0.311 e. The van der Waals surface area contributed by atoms with Crippen molar-refractivity contribution in [2.24, 2.45) is 5.41 Å². The monoisotopic (exact) mass is 226 g/mol. The van der Waals surface area contributed by atoms with Crippen molar-refractivity contribution in [2.45, 2.75) is 71.1 Å². The average molecular weight is 226 g/mol. The molecule has 0 aromatic carbocycles. The molecule has 0 heterocycles. The molecule has 0 spiro atoms. The summed E-state index contributed by atoms with van der Waals surface area (Å²) in [5.74, 6) is -0.00764. The van der Waals surface area contributed by atoms with Gasteiger partial charge in [-0.2, -0.15) is 0 Å². The summed E-state index contributed by atoms with van der Waals surface area (Å²) in [4.78, 5) is 11.8. The van der Waals surface area contributed by atoms with Crippen molar-refractivity contribution in [3.05, 3.63) is 0 Å². The van der Waals surface area contributed by atoms with Gasteiger partial charge in [-0.3, -0.25) is 4.79 Å². The van der Waals surface area contributed by atoms with Crippen molar-refractivity contribution in [1.82, 2.24) is 0 Å². The molecule has 0 amide bonds. The summed E-state index contributed by atoms with van der Waals surface area (Å²) in [7, 11) is 1.51. The number of ether oxygens (including phenoxy) is 1. The first-order valence-electron chi connectivity index (χ1n) is 6.77. The summed E-state index contributed by atoms with van der Waals surface area (Å²) in [6.07, 6.45) is 12.3. The predicted molar refractivity (Wildman–Crippen MR) is 66.3 cm³/mol. The highest BCUT2D eigenvalue weighted by molar-refractivity contribution is 5.76. The Kier molecular flexibility index (Phi) is 5.86. The van der Waals surface area contributed by atoms with E-state index >= 15 is 0 Å². The molecule has 0 atom stereocenters. The molecule has 0 aromatic heterocycles. The van der Waals surface area contributed by atoms with Crippen molar-refractivity contribution < 1.29 is 9.53 Å². The topological polar surface area (TPSA) is 26.3 Å². The second kappa shape index (κ2) is 6.93. The fourth-order valence-electron chi connectivity index (χ4n) is 2.67. The molecule has 0 bridgehead atoms. The van der Waals surface area contributed by atoms with Crippen molar-refractivity contribution in [2.75, 3.05) is 7.11 Å². The minimum atomic E-state index is -0.223. The van der Waals surface area contributed by atoms with Crippen molar-refractivity contribution in [3.8, 4) is 0 Å². The fourth-order valence-corrected chi connectivity index (χ4v) is 2.67. The van der Waals surface area contributed by atoms with Crippen molar-refractivity contribution in [1.29, 1.82) is 0 Å². The summed E-state index contributed by atoms with van der Waals surface area (Å²) < 4.78 is 4.95. The van der Waals surface area contributed by atoms with Gasteiger partial charge < -0.3 is 4.74 Å². The molecule has 1 aliphatic carbocycles. The van der Waals surface area contributed by atoms with E-state index in [9.17, 15) is 4.79 Å². The molecular weight excluding hydrogens is 200 g/mol. The molecule has 1 saturated carbocycles. The molecule has 94 valence electrons. The summed E-state index contributed by atoms with van der Waals surface area (Å²) >= 11 is 0. The molecule has 0 N–H and O–H groups in total. The Morgan fingerprint density at radius 1 is 0.875 bits per heavy atom. The van der Waals surface area contributed by atoms with Gasteiger partial charge in [0.1, 0.15) is 0 Å². The van der Waals surface area contributed by atoms with Gasteiger partial charge >= 0.3 is 5.97 Å². The Morgan fingerprint density at radius 3 is 1.62 bits per heavy atom. The van der Waals surface area contributed by atoms with Crippen LogP contribution in [0.15, 0.2) is 0 Å². The lowest BCUT2D eigenvalue weighted by atomic mass is 9.80. The third-order valence-corrected chi connectivity index (χ3v) is 3.89. The molecule has 1 rings (SSSR count). The van der Waals surface area contributed by atoms with Crippen LogP contribution in [0.2, 0.25) is 0 Å². The third kappa shape index (κ3) is 4.15. The predicted octanol–water partition coefficient (Wildman–Crippen LogP) is 4.08. The molecule has 2 nitrogen and oxygen atoms in total. The lowest BCUT2D eigenvalue weighted by Crippen LogP contribution is -2.29. The quantitative estimate of drug-likeness (QED) is 0.630. The van der Waals surface area contributed by atoms with Crippen LogP contribution in [-0.2, 0) is 9.53 Å². The number of rotatable bonds is 1.